The van der Waals surface area contributed by atoms with Crippen LogP contribution in [0, 0.1) is 6.92 Å². The number of hydrogen-bond acceptors (Lipinski definition) is 4. The Balaban J connectivity index is 2.45. The molecule has 0 aromatic heterocycles. The van der Waals surface area contributed by atoms with Crippen LogP contribution >= 0.6 is 15.9 Å². The van der Waals surface area contributed by atoms with Crippen molar-refractivity contribution in [1.29, 1.82) is 0 Å². The van der Waals surface area contributed by atoms with Crippen LogP contribution in [-0.4, -0.2) is 24.1 Å². The number of nitrogens with zero attached hydrogens (tertiary/aromatic N) is 1. The SMILES string of the molecule is C/C(CC(N)=O)=N\NC(=O)COc1ccc(C)cc1Br. The summed E-state index contributed by atoms with van der Waals surface area (Å²) in [6.07, 6.45) is 0.00461. The summed E-state index contributed by atoms with van der Waals surface area (Å²) >= 11 is 3.35. The van der Waals surface area contributed by atoms with E-state index < -0.39 is 11.8 Å². The van der Waals surface area contributed by atoms with Crippen LogP contribution in [0.4, 0.5) is 0 Å². The maximum absolute atomic E-state index is 11.5. The molecule has 6 nitrogen and oxygen atoms in total. The number of ether oxygens (including phenoxy) is 1. The van der Waals surface area contributed by atoms with Gasteiger partial charge in [0.25, 0.3) is 5.91 Å². The number of hydrogen-bond donors (Lipinski definition) is 2. The molecule has 0 unspecified atom stereocenters. The molecule has 0 spiro atoms. The summed E-state index contributed by atoms with van der Waals surface area (Å²) in [4.78, 5) is 22.1. The highest BCUT2D eigenvalue weighted by molar-refractivity contribution is 9.10. The highest BCUT2D eigenvalue weighted by Crippen LogP contribution is 2.25. The van der Waals surface area contributed by atoms with Crippen LogP contribution in [0.15, 0.2) is 27.8 Å². The van der Waals surface area contributed by atoms with E-state index in [9.17, 15) is 9.59 Å². The third-order valence-corrected chi connectivity index (χ3v) is 2.87. The monoisotopic (exact) mass is 341 g/mol. The third-order valence-electron chi connectivity index (χ3n) is 2.25. The predicted octanol–water partition coefficient (Wildman–Crippen LogP) is 1.50. The molecule has 0 radical (unpaired) electrons. The van der Waals surface area contributed by atoms with Crippen molar-refractivity contribution in [2.75, 3.05) is 6.61 Å². The van der Waals surface area contributed by atoms with Gasteiger partial charge in [-0.2, -0.15) is 5.10 Å². The summed E-state index contributed by atoms with van der Waals surface area (Å²) < 4.78 is 6.12. The number of halogens is 1. The second-order valence-electron chi connectivity index (χ2n) is 4.25. The van der Waals surface area contributed by atoms with Crippen molar-refractivity contribution < 1.29 is 14.3 Å². The molecule has 0 heterocycles. The first-order valence-electron chi connectivity index (χ1n) is 5.87. The lowest BCUT2D eigenvalue weighted by molar-refractivity contribution is -0.123. The summed E-state index contributed by atoms with van der Waals surface area (Å²) in [5.41, 5.74) is 8.81. The molecule has 0 saturated heterocycles. The average molecular weight is 342 g/mol. The quantitative estimate of drug-likeness (QED) is 0.606. The van der Waals surface area contributed by atoms with E-state index in [1.54, 1.807) is 13.0 Å². The van der Waals surface area contributed by atoms with Crippen LogP contribution in [0.25, 0.3) is 0 Å². The molecular formula is C13H16BrN3O3. The summed E-state index contributed by atoms with van der Waals surface area (Å²) in [5.74, 6) is -0.342. The van der Waals surface area contributed by atoms with E-state index in [1.807, 2.05) is 19.1 Å². The van der Waals surface area contributed by atoms with Gasteiger partial charge in [0, 0.05) is 5.71 Å². The van der Waals surface area contributed by atoms with E-state index in [2.05, 4.69) is 26.5 Å². The number of hydrazone groups is 1. The van der Waals surface area contributed by atoms with Crippen LogP contribution in [0.5, 0.6) is 5.75 Å². The fourth-order valence-corrected chi connectivity index (χ4v) is 1.96. The fraction of sp³-hybridized carbons (Fsp3) is 0.308. The van der Waals surface area contributed by atoms with E-state index in [0.717, 1.165) is 10.0 Å². The molecule has 7 heteroatoms. The molecule has 3 N–H and O–H groups in total. The molecule has 20 heavy (non-hydrogen) atoms. The Labute approximate surface area is 125 Å². The Hall–Kier alpha value is -1.89. The van der Waals surface area contributed by atoms with Gasteiger partial charge in [-0.1, -0.05) is 6.07 Å². The van der Waals surface area contributed by atoms with E-state index in [-0.39, 0.29) is 13.0 Å². The third kappa shape index (κ3) is 5.83. The predicted molar refractivity (Wildman–Crippen MR) is 79.4 cm³/mol. The van der Waals surface area contributed by atoms with E-state index >= 15 is 0 Å². The molecule has 1 aromatic rings. The molecule has 1 rings (SSSR count). The largest absolute Gasteiger partial charge is 0.483 e. The highest BCUT2D eigenvalue weighted by Gasteiger charge is 2.06. The van der Waals surface area contributed by atoms with Crippen LogP contribution in [-0.2, 0) is 9.59 Å². The van der Waals surface area contributed by atoms with E-state index in [4.69, 9.17) is 10.5 Å². The number of nitrogens with one attached hydrogen (secondary N) is 1. The van der Waals surface area contributed by atoms with Crippen LogP contribution in [0.3, 0.4) is 0 Å². The molecular weight excluding hydrogens is 326 g/mol. The molecule has 1 aromatic carbocycles. The van der Waals surface area contributed by atoms with Crippen molar-refractivity contribution in [2.45, 2.75) is 20.3 Å². The smallest absolute Gasteiger partial charge is 0.277 e. The molecule has 0 atom stereocenters. The second kappa shape index (κ2) is 7.64. The molecule has 0 aliphatic heterocycles. The minimum Gasteiger partial charge on any atom is -0.483 e. The zero-order chi connectivity index (χ0) is 15.1. The Bertz CT molecular complexity index is 544. The Morgan fingerprint density at radius 3 is 2.75 bits per heavy atom. The van der Waals surface area contributed by atoms with Gasteiger partial charge in [0.15, 0.2) is 6.61 Å². The summed E-state index contributed by atoms with van der Waals surface area (Å²) in [6.45, 7) is 3.38. The van der Waals surface area contributed by atoms with Gasteiger partial charge in [0.2, 0.25) is 5.91 Å². The minimum atomic E-state index is -0.500. The topological polar surface area (TPSA) is 93.8 Å². The van der Waals surface area contributed by atoms with Gasteiger partial charge in [0.1, 0.15) is 5.75 Å². The lowest BCUT2D eigenvalue weighted by Crippen LogP contribution is -2.26. The lowest BCUT2D eigenvalue weighted by atomic mass is 10.2. The first-order chi connectivity index (χ1) is 9.38. The highest BCUT2D eigenvalue weighted by atomic mass is 79.9. The normalized spacial score (nSPS) is 11.1. The summed E-state index contributed by atoms with van der Waals surface area (Å²) in [5, 5.41) is 3.74. The zero-order valence-electron chi connectivity index (χ0n) is 11.3. The van der Waals surface area contributed by atoms with Gasteiger partial charge >= 0.3 is 0 Å². The van der Waals surface area contributed by atoms with Crippen molar-refractivity contribution in [3.63, 3.8) is 0 Å². The molecule has 0 aliphatic carbocycles. The van der Waals surface area contributed by atoms with Gasteiger partial charge in [-0.3, -0.25) is 9.59 Å². The Morgan fingerprint density at radius 1 is 1.45 bits per heavy atom. The van der Waals surface area contributed by atoms with Gasteiger partial charge < -0.3 is 10.5 Å². The van der Waals surface area contributed by atoms with Crippen molar-refractivity contribution >= 4 is 33.5 Å². The van der Waals surface area contributed by atoms with Crippen molar-refractivity contribution in [2.24, 2.45) is 10.8 Å². The molecule has 0 aliphatic rings. The standard InChI is InChI=1S/C13H16BrN3O3/c1-8-3-4-11(10(14)5-8)20-7-13(19)17-16-9(2)6-12(15)18/h3-5H,6-7H2,1-2H3,(H2,15,18)(H,17,19)/b16-9+. The number of benzene rings is 1. The van der Waals surface area contributed by atoms with Gasteiger partial charge in [-0.15, -0.1) is 0 Å². The van der Waals surface area contributed by atoms with Crippen LogP contribution < -0.4 is 15.9 Å². The maximum Gasteiger partial charge on any atom is 0.277 e. The van der Waals surface area contributed by atoms with Crippen LogP contribution in [0.1, 0.15) is 18.9 Å². The average Bonchev–Trinajstić information content (AvgIpc) is 2.34. The number of primary amides is 1. The number of carbonyl (C=O) groups excluding carboxylic acids is 2. The second-order valence-corrected chi connectivity index (χ2v) is 5.10. The van der Waals surface area contributed by atoms with Crippen molar-refractivity contribution in [3.8, 4) is 5.75 Å². The fourth-order valence-electron chi connectivity index (χ4n) is 1.35. The lowest BCUT2D eigenvalue weighted by Gasteiger charge is -2.08. The Morgan fingerprint density at radius 2 is 2.15 bits per heavy atom. The van der Waals surface area contributed by atoms with Crippen LogP contribution in [0.2, 0.25) is 0 Å². The zero-order valence-corrected chi connectivity index (χ0v) is 12.9. The van der Waals surface area contributed by atoms with E-state index in [0.29, 0.717) is 11.5 Å². The summed E-state index contributed by atoms with van der Waals surface area (Å²) in [7, 11) is 0. The number of carbonyl (C=O) groups is 2. The molecule has 0 bridgehead atoms. The number of nitrogens with two attached hydrogens (primary N) is 1. The number of amides is 2. The van der Waals surface area contributed by atoms with Crippen molar-refractivity contribution in [1.82, 2.24) is 5.43 Å². The maximum atomic E-state index is 11.5. The first kappa shape index (κ1) is 16.2. The first-order valence-corrected chi connectivity index (χ1v) is 6.67. The summed E-state index contributed by atoms with van der Waals surface area (Å²) in [6, 6.07) is 5.55. The molecule has 2 amide bonds. The molecule has 0 fully saturated rings. The Kier molecular flexibility index (Phi) is 6.17. The molecule has 0 saturated carbocycles. The van der Waals surface area contributed by atoms with Gasteiger partial charge in [-0.25, -0.2) is 5.43 Å². The number of aryl methyl sites for hydroxylation is 1. The van der Waals surface area contributed by atoms with Gasteiger partial charge in [0.05, 0.1) is 10.9 Å². The van der Waals surface area contributed by atoms with Gasteiger partial charge in [-0.05, 0) is 47.5 Å². The van der Waals surface area contributed by atoms with Crippen molar-refractivity contribution in [3.05, 3.63) is 28.2 Å². The number of rotatable bonds is 6. The minimum absolute atomic E-state index is 0.00461. The van der Waals surface area contributed by atoms with E-state index in [1.165, 1.54) is 0 Å². The molecule has 108 valence electrons.